The number of hydrogen-bond acceptors (Lipinski definition) is 3. The van der Waals surface area contributed by atoms with Crippen molar-refractivity contribution < 1.29 is 31.5 Å². The Morgan fingerprint density at radius 3 is 2.28 bits per heavy atom. The van der Waals surface area contributed by atoms with E-state index < -0.39 is 40.7 Å². The van der Waals surface area contributed by atoms with Crippen LogP contribution in [0.5, 0.6) is 5.75 Å². The van der Waals surface area contributed by atoms with Crippen LogP contribution in [0, 0.1) is 29.1 Å². The van der Waals surface area contributed by atoms with Gasteiger partial charge in [-0.05, 0) is 18.2 Å². The molecule has 0 saturated heterocycles. The fourth-order valence-corrected chi connectivity index (χ4v) is 2.52. The maximum absolute atomic E-state index is 13.7. The molecule has 1 N–H and O–H groups in total. The maximum atomic E-state index is 13.7. The average molecular weight is 452 g/mol. The van der Waals surface area contributed by atoms with Gasteiger partial charge in [0.05, 0.1) is 5.02 Å². The lowest BCUT2D eigenvalue weighted by atomic mass is 10.2. The predicted molar refractivity (Wildman–Crippen MR) is 93.5 cm³/mol. The summed E-state index contributed by atoms with van der Waals surface area (Å²) in [5.74, 6) is -12.0. The summed E-state index contributed by atoms with van der Waals surface area (Å²) in [7, 11) is 0. The molecule has 1 heterocycles. The van der Waals surface area contributed by atoms with Gasteiger partial charge in [0.1, 0.15) is 16.5 Å². The van der Waals surface area contributed by atoms with E-state index in [-0.39, 0.29) is 28.2 Å². The molecule has 0 atom stereocenters. The van der Waals surface area contributed by atoms with Gasteiger partial charge in [0.25, 0.3) is 5.91 Å². The topological polar surface area (TPSA) is 56.2 Å². The van der Waals surface area contributed by atoms with E-state index in [2.05, 4.69) is 5.10 Å². The second kappa shape index (κ2) is 8.26. The van der Waals surface area contributed by atoms with Crippen LogP contribution < -0.4 is 10.1 Å². The van der Waals surface area contributed by atoms with Crippen LogP contribution in [-0.4, -0.2) is 15.7 Å². The van der Waals surface area contributed by atoms with Gasteiger partial charge in [-0.15, -0.1) is 0 Å². The monoisotopic (exact) mass is 451 g/mol. The summed E-state index contributed by atoms with van der Waals surface area (Å²) in [6, 6.07) is 5.82. The summed E-state index contributed by atoms with van der Waals surface area (Å²) in [4.78, 5) is 12.1. The Balaban J connectivity index is 1.74. The highest BCUT2D eigenvalue weighted by molar-refractivity contribution is 6.42. The number of aromatic nitrogens is 2. The number of carbonyl (C=O) groups is 1. The molecule has 0 radical (unpaired) electrons. The molecule has 152 valence electrons. The van der Waals surface area contributed by atoms with Gasteiger partial charge in [0.15, 0.2) is 35.7 Å². The van der Waals surface area contributed by atoms with Crippen LogP contribution in [0.3, 0.4) is 0 Å². The molecule has 12 heteroatoms. The molecule has 0 aliphatic carbocycles. The Labute approximate surface area is 169 Å². The van der Waals surface area contributed by atoms with Gasteiger partial charge in [-0.2, -0.15) is 5.10 Å². The minimum Gasteiger partial charge on any atom is -0.470 e. The van der Waals surface area contributed by atoms with Gasteiger partial charge >= 0.3 is 0 Å². The minimum absolute atomic E-state index is 0.158. The number of carbonyl (C=O) groups excluding carboxylic acids is 1. The first-order chi connectivity index (χ1) is 13.7. The number of hydrogen-bond donors (Lipinski definition) is 1. The predicted octanol–water partition coefficient (Wildman–Crippen LogP) is 5.17. The van der Waals surface area contributed by atoms with Crippen LogP contribution in [0.2, 0.25) is 10.0 Å². The fourth-order valence-electron chi connectivity index (χ4n) is 2.18. The van der Waals surface area contributed by atoms with Gasteiger partial charge in [0, 0.05) is 6.20 Å². The Bertz CT molecular complexity index is 1080. The lowest BCUT2D eigenvalue weighted by Gasteiger charge is -2.09. The van der Waals surface area contributed by atoms with Gasteiger partial charge in [-0.1, -0.05) is 29.3 Å². The third kappa shape index (κ3) is 4.13. The first kappa shape index (κ1) is 20.9. The highest BCUT2D eigenvalue weighted by Gasteiger charge is 2.27. The summed E-state index contributed by atoms with van der Waals surface area (Å²) in [5, 5.41) is 5.82. The van der Waals surface area contributed by atoms with E-state index >= 15 is 0 Å². The van der Waals surface area contributed by atoms with Crippen molar-refractivity contribution in [3.05, 3.63) is 75.3 Å². The van der Waals surface area contributed by atoms with E-state index in [0.717, 1.165) is 10.7 Å². The smallest absolute Gasteiger partial charge is 0.276 e. The number of halogens is 7. The number of nitrogens with one attached hydrogen (secondary N) is 1. The molecule has 3 rings (SSSR count). The molecule has 0 spiro atoms. The van der Waals surface area contributed by atoms with Crippen molar-refractivity contribution in [3.63, 3.8) is 0 Å². The van der Waals surface area contributed by atoms with Crippen molar-refractivity contribution >= 4 is 34.8 Å². The molecule has 2 aromatic carbocycles. The Morgan fingerprint density at radius 1 is 1.00 bits per heavy atom. The zero-order valence-electron chi connectivity index (χ0n) is 14.0. The van der Waals surface area contributed by atoms with Crippen molar-refractivity contribution in [2.75, 3.05) is 5.32 Å². The van der Waals surface area contributed by atoms with E-state index in [1.165, 1.54) is 12.3 Å². The van der Waals surface area contributed by atoms with Gasteiger partial charge in [-0.25, -0.2) is 26.6 Å². The maximum Gasteiger partial charge on any atom is 0.276 e. The van der Waals surface area contributed by atoms with Crippen LogP contribution in [0.25, 0.3) is 0 Å². The van der Waals surface area contributed by atoms with Crippen molar-refractivity contribution in [3.8, 4) is 5.75 Å². The summed E-state index contributed by atoms with van der Waals surface area (Å²) >= 11 is 11.8. The number of amides is 1. The van der Waals surface area contributed by atoms with Gasteiger partial charge < -0.3 is 10.1 Å². The number of anilines is 1. The van der Waals surface area contributed by atoms with Crippen molar-refractivity contribution in [2.45, 2.75) is 6.73 Å². The van der Waals surface area contributed by atoms with Crippen LogP contribution in [0.4, 0.5) is 27.6 Å². The Hall–Kier alpha value is -2.85. The highest BCUT2D eigenvalue weighted by Crippen LogP contribution is 2.31. The molecule has 5 nitrogen and oxygen atoms in total. The molecule has 0 aliphatic heterocycles. The molecule has 1 amide bonds. The Morgan fingerprint density at radius 2 is 1.62 bits per heavy atom. The number of ether oxygens (including phenoxy) is 1. The van der Waals surface area contributed by atoms with Crippen LogP contribution >= 0.6 is 23.2 Å². The number of nitrogens with zero attached hydrogens (tertiary/aromatic N) is 2. The van der Waals surface area contributed by atoms with Gasteiger partial charge in [0.2, 0.25) is 5.82 Å². The average Bonchev–Trinajstić information content (AvgIpc) is 3.18. The quantitative estimate of drug-likeness (QED) is 0.330. The summed E-state index contributed by atoms with van der Waals surface area (Å²) in [6.45, 7) is -0.212. The normalized spacial score (nSPS) is 10.9. The standard InChI is InChI=1S/C17H8Cl2F5N3O2/c18-7-2-1-3-9(10(7)19)29-6-27-5-4-8(26-27)17(28)25-16-14(23)12(21)11(20)13(22)15(16)24/h1-5H,6H2,(H,25,28). The molecular formula is C17H8Cl2F5N3O2. The lowest BCUT2D eigenvalue weighted by Crippen LogP contribution is -2.18. The first-order valence-corrected chi connectivity index (χ1v) is 8.39. The highest BCUT2D eigenvalue weighted by atomic mass is 35.5. The van der Waals surface area contributed by atoms with Crippen molar-refractivity contribution in [2.24, 2.45) is 0 Å². The summed E-state index contributed by atoms with van der Waals surface area (Å²) in [6.07, 6.45) is 1.28. The second-order valence-electron chi connectivity index (χ2n) is 5.46. The van der Waals surface area contributed by atoms with Crippen molar-refractivity contribution in [1.82, 2.24) is 9.78 Å². The fraction of sp³-hybridized carbons (Fsp3) is 0.0588. The summed E-state index contributed by atoms with van der Waals surface area (Å²) < 4.78 is 73.3. The van der Waals surface area contributed by atoms with E-state index in [1.54, 1.807) is 17.4 Å². The third-order valence-corrected chi connectivity index (χ3v) is 4.39. The van der Waals surface area contributed by atoms with E-state index in [4.69, 9.17) is 27.9 Å². The molecule has 1 aromatic heterocycles. The van der Waals surface area contributed by atoms with Gasteiger partial charge in [-0.3, -0.25) is 4.79 Å². The van der Waals surface area contributed by atoms with E-state index in [9.17, 15) is 26.7 Å². The molecule has 0 bridgehead atoms. The second-order valence-corrected chi connectivity index (χ2v) is 6.25. The minimum atomic E-state index is -2.33. The molecular weight excluding hydrogens is 444 g/mol. The molecule has 0 aliphatic rings. The lowest BCUT2D eigenvalue weighted by molar-refractivity contribution is 0.101. The largest absolute Gasteiger partial charge is 0.470 e. The number of rotatable bonds is 5. The van der Waals surface area contributed by atoms with Crippen LogP contribution in [-0.2, 0) is 6.73 Å². The van der Waals surface area contributed by atoms with E-state index in [0.29, 0.717) is 0 Å². The molecule has 0 unspecified atom stereocenters. The molecule has 0 fully saturated rings. The zero-order chi connectivity index (χ0) is 21.3. The third-order valence-electron chi connectivity index (χ3n) is 3.59. The molecule has 29 heavy (non-hydrogen) atoms. The van der Waals surface area contributed by atoms with Crippen molar-refractivity contribution in [1.29, 1.82) is 0 Å². The first-order valence-electron chi connectivity index (χ1n) is 7.63. The van der Waals surface area contributed by atoms with Crippen LogP contribution in [0.1, 0.15) is 10.5 Å². The molecule has 0 saturated carbocycles. The SMILES string of the molecule is O=C(Nc1c(F)c(F)c(F)c(F)c1F)c1ccn(COc2cccc(Cl)c2Cl)n1. The van der Waals surface area contributed by atoms with E-state index in [1.807, 2.05) is 0 Å². The number of benzene rings is 2. The summed E-state index contributed by atoms with van der Waals surface area (Å²) in [5.41, 5.74) is -1.85. The van der Waals surface area contributed by atoms with Crippen LogP contribution in [0.15, 0.2) is 30.5 Å². The zero-order valence-corrected chi connectivity index (χ0v) is 15.5. The molecule has 3 aromatic rings. The Kier molecular flexibility index (Phi) is 5.94.